The molecule has 0 amide bonds. The van der Waals surface area contributed by atoms with E-state index in [2.05, 4.69) is 25.4 Å². The molecular weight excluding hydrogens is 218 g/mol. The summed E-state index contributed by atoms with van der Waals surface area (Å²) < 4.78 is 0. The number of aromatic nitrogens is 5. The molecular formula is C7H7N5O2S. The number of rotatable bonds is 3. The standard InChI is InChI=1S/C7H7N5O2S/c13-5-1-4(9-7(14)10-5)3-15-6-2-8-12-11-6/h1-2H,3H2,(H,8,11,12)(H2,9,10,13,14). The molecule has 0 bridgehead atoms. The summed E-state index contributed by atoms with van der Waals surface area (Å²) in [5.41, 5.74) is -0.357. The zero-order valence-electron chi connectivity index (χ0n) is 7.48. The highest BCUT2D eigenvalue weighted by Crippen LogP contribution is 2.16. The number of thioether (sulfide) groups is 1. The van der Waals surface area contributed by atoms with E-state index < -0.39 is 11.2 Å². The Morgan fingerprint density at radius 1 is 1.33 bits per heavy atom. The lowest BCUT2D eigenvalue weighted by atomic mass is 10.4. The van der Waals surface area contributed by atoms with Gasteiger partial charge in [0.05, 0.1) is 6.20 Å². The summed E-state index contributed by atoms with van der Waals surface area (Å²) in [5.74, 6) is 0.464. The Labute approximate surface area is 87.3 Å². The Kier molecular flexibility index (Phi) is 2.68. The molecule has 0 radical (unpaired) electrons. The summed E-state index contributed by atoms with van der Waals surface area (Å²) in [6, 6.07) is 1.34. The summed E-state index contributed by atoms with van der Waals surface area (Å²) in [7, 11) is 0. The van der Waals surface area contributed by atoms with Crippen LogP contribution in [0.1, 0.15) is 5.69 Å². The fraction of sp³-hybridized carbons (Fsp3) is 0.143. The van der Waals surface area contributed by atoms with E-state index >= 15 is 0 Å². The van der Waals surface area contributed by atoms with Gasteiger partial charge in [-0.1, -0.05) is 11.8 Å². The lowest BCUT2D eigenvalue weighted by molar-refractivity contribution is 0.910. The lowest BCUT2D eigenvalue weighted by Gasteiger charge is -1.96. The van der Waals surface area contributed by atoms with Gasteiger partial charge in [-0.3, -0.25) is 9.78 Å². The van der Waals surface area contributed by atoms with Crippen LogP contribution in [0.4, 0.5) is 0 Å². The number of H-pyrrole nitrogens is 3. The molecule has 0 fully saturated rings. The van der Waals surface area contributed by atoms with Gasteiger partial charge in [-0.25, -0.2) is 4.79 Å². The predicted octanol–water partition coefficient (Wildman–Crippen LogP) is -0.526. The SMILES string of the molecule is O=c1cc(CSc2cn[nH]n2)[nH]c(=O)[nH]1. The second kappa shape index (κ2) is 4.13. The first-order valence-electron chi connectivity index (χ1n) is 4.05. The average molecular weight is 225 g/mol. The zero-order valence-corrected chi connectivity index (χ0v) is 8.30. The molecule has 3 N–H and O–H groups in total. The van der Waals surface area contributed by atoms with Gasteiger partial charge in [0.2, 0.25) is 0 Å². The maximum atomic E-state index is 11.0. The van der Waals surface area contributed by atoms with E-state index in [1.165, 1.54) is 17.8 Å². The van der Waals surface area contributed by atoms with Crippen molar-refractivity contribution in [1.82, 2.24) is 25.4 Å². The molecule has 0 atom stereocenters. The smallest absolute Gasteiger partial charge is 0.310 e. The summed E-state index contributed by atoms with van der Waals surface area (Å²) in [4.78, 5) is 26.5. The number of aromatic amines is 3. The second-order valence-corrected chi connectivity index (χ2v) is 3.71. The van der Waals surface area contributed by atoms with Crippen LogP contribution in [0.2, 0.25) is 0 Å². The van der Waals surface area contributed by atoms with Crippen molar-refractivity contribution in [3.63, 3.8) is 0 Å². The van der Waals surface area contributed by atoms with Crippen molar-refractivity contribution in [3.05, 3.63) is 38.8 Å². The minimum absolute atomic E-state index is 0.408. The number of nitrogens with zero attached hydrogens (tertiary/aromatic N) is 2. The summed E-state index contributed by atoms with van der Waals surface area (Å²) >= 11 is 1.37. The van der Waals surface area contributed by atoms with Gasteiger partial charge in [-0.15, -0.1) is 5.10 Å². The molecule has 0 aliphatic heterocycles. The lowest BCUT2D eigenvalue weighted by Crippen LogP contribution is -2.22. The highest BCUT2D eigenvalue weighted by Gasteiger charge is 2.00. The number of hydrogen-bond donors (Lipinski definition) is 3. The Hall–Kier alpha value is -1.83. The minimum atomic E-state index is -0.502. The van der Waals surface area contributed by atoms with Gasteiger partial charge >= 0.3 is 5.69 Å². The van der Waals surface area contributed by atoms with Gasteiger partial charge in [-0.05, 0) is 0 Å². The van der Waals surface area contributed by atoms with Crippen LogP contribution in [0.25, 0.3) is 0 Å². The van der Waals surface area contributed by atoms with Gasteiger partial charge in [0.25, 0.3) is 5.56 Å². The minimum Gasteiger partial charge on any atom is -0.310 e. The molecule has 2 aromatic rings. The Morgan fingerprint density at radius 2 is 2.20 bits per heavy atom. The van der Waals surface area contributed by atoms with Crippen molar-refractivity contribution in [1.29, 1.82) is 0 Å². The van der Waals surface area contributed by atoms with E-state index in [9.17, 15) is 9.59 Å². The van der Waals surface area contributed by atoms with Crippen LogP contribution >= 0.6 is 11.8 Å². The molecule has 2 heterocycles. The molecule has 0 aliphatic rings. The van der Waals surface area contributed by atoms with Crippen LogP contribution in [0.3, 0.4) is 0 Å². The molecule has 0 aliphatic carbocycles. The normalized spacial score (nSPS) is 10.4. The van der Waals surface area contributed by atoms with E-state index in [1.807, 2.05) is 0 Å². The third kappa shape index (κ3) is 2.56. The summed E-state index contributed by atoms with van der Waals surface area (Å²) in [6.07, 6.45) is 1.57. The van der Waals surface area contributed by atoms with Gasteiger partial charge in [0.1, 0.15) is 5.03 Å². The van der Waals surface area contributed by atoms with Crippen LogP contribution in [-0.4, -0.2) is 25.4 Å². The van der Waals surface area contributed by atoms with E-state index in [1.54, 1.807) is 6.20 Å². The highest BCUT2D eigenvalue weighted by atomic mass is 32.2. The third-order valence-electron chi connectivity index (χ3n) is 1.58. The van der Waals surface area contributed by atoms with Gasteiger partial charge < -0.3 is 4.98 Å². The van der Waals surface area contributed by atoms with Gasteiger partial charge in [-0.2, -0.15) is 10.3 Å². The Morgan fingerprint density at radius 3 is 2.87 bits per heavy atom. The predicted molar refractivity (Wildman–Crippen MR) is 53.6 cm³/mol. The number of nitrogens with one attached hydrogen (secondary N) is 3. The Bertz CT molecular complexity index is 515. The van der Waals surface area contributed by atoms with Crippen molar-refractivity contribution in [2.24, 2.45) is 0 Å². The third-order valence-corrected chi connectivity index (χ3v) is 2.53. The second-order valence-electron chi connectivity index (χ2n) is 2.71. The molecule has 0 unspecified atom stereocenters. The van der Waals surface area contributed by atoms with Crippen molar-refractivity contribution in [3.8, 4) is 0 Å². The van der Waals surface area contributed by atoms with Crippen molar-refractivity contribution in [2.75, 3.05) is 0 Å². The molecule has 0 saturated carbocycles. The fourth-order valence-corrected chi connectivity index (χ4v) is 1.70. The van der Waals surface area contributed by atoms with Crippen LogP contribution < -0.4 is 11.2 Å². The van der Waals surface area contributed by atoms with Gasteiger partial charge in [0.15, 0.2) is 0 Å². The first-order chi connectivity index (χ1) is 7.24. The maximum absolute atomic E-state index is 11.0. The monoisotopic (exact) mass is 225 g/mol. The topological polar surface area (TPSA) is 107 Å². The Balaban J connectivity index is 2.11. The molecule has 78 valence electrons. The van der Waals surface area contributed by atoms with Crippen LogP contribution in [0.15, 0.2) is 26.9 Å². The maximum Gasteiger partial charge on any atom is 0.325 e. The number of hydrogen-bond acceptors (Lipinski definition) is 5. The van der Waals surface area contributed by atoms with E-state index in [4.69, 9.17) is 0 Å². The zero-order chi connectivity index (χ0) is 10.7. The summed E-state index contributed by atoms with van der Waals surface area (Å²) in [5, 5.41) is 10.6. The van der Waals surface area contributed by atoms with E-state index in [0.29, 0.717) is 16.5 Å². The molecule has 7 nitrogen and oxygen atoms in total. The van der Waals surface area contributed by atoms with Crippen molar-refractivity contribution >= 4 is 11.8 Å². The average Bonchev–Trinajstić information content (AvgIpc) is 2.65. The van der Waals surface area contributed by atoms with Crippen LogP contribution in [0.5, 0.6) is 0 Å². The quantitative estimate of drug-likeness (QED) is 0.609. The van der Waals surface area contributed by atoms with E-state index in [-0.39, 0.29) is 0 Å². The molecule has 0 saturated heterocycles. The van der Waals surface area contributed by atoms with Crippen LogP contribution in [-0.2, 0) is 5.75 Å². The molecule has 0 aromatic carbocycles. The van der Waals surface area contributed by atoms with Gasteiger partial charge in [0, 0.05) is 17.5 Å². The van der Waals surface area contributed by atoms with Crippen LogP contribution in [0, 0.1) is 0 Å². The molecule has 0 spiro atoms. The molecule has 8 heteroatoms. The highest BCUT2D eigenvalue weighted by molar-refractivity contribution is 7.98. The molecule has 15 heavy (non-hydrogen) atoms. The first kappa shape index (κ1) is 9.71. The first-order valence-corrected chi connectivity index (χ1v) is 5.04. The summed E-state index contributed by atoms with van der Waals surface area (Å²) in [6.45, 7) is 0. The van der Waals surface area contributed by atoms with Crippen molar-refractivity contribution < 1.29 is 0 Å². The van der Waals surface area contributed by atoms with Crippen molar-refractivity contribution in [2.45, 2.75) is 10.8 Å². The molecule has 2 aromatic heterocycles. The largest absolute Gasteiger partial charge is 0.325 e. The molecule has 2 rings (SSSR count). The van der Waals surface area contributed by atoms with E-state index in [0.717, 1.165) is 0 Å². The fourth-order valence-electron chi connectivity index (χ4n) is 1.01.